The standard InChI is InChI=1S/C20H21N5/c1-14-9-10-15(2)25-20(14)22-18(23-25)11-12-19-21-17(13-24(19)3)16-7-5-4-6-8-16/h4-10,13H,11-12H2,1-3H3/i3-1. The molecule has 0 atom stereocenters. The van der Waals surface area contributed by atoms with Crippen LogP contribution >= 0.6 is 0 Å². The number of fused-ring (bicyclic) bond motifs is 1. The molecule has 5 heteroatoms. The summed E-state index contributed by atoms with van der Waals surface area (Å²) < 4.78 is 4.02. The lowest BCUT2D eigenvalue weighted by Crippen LogP contribution is -2.01. The predicted molar refractivity (Wildman–Crippen MR) is 98.5 cm³/mol. The number of hydrogen-bond acceptors (Lipinski definition) is 3. The van der Waals surface area contributed by atoms with Crippen molar-refractivity contribution < 1.29 is 0 Å². The van der Waals surface area contributed by atoms with E-state index in [1.54, 1.807) is 0 Å². The SMILES string of the molecule is Cc1ccc(C)n2nc(CCc3nc(-c4ccccc4)cn3[11CH3])nc12. The zero-order valence-corrected chi connectivity index (χ0v) is 14.8. The number of imidazole rings is 1. The van der Waals surface area contributed by atoms with Crippen LogP contribution in [-0.4, -0.2) is 24.1 Å². The van der Waals surface area contributed by atoms with Gasteiger partial charge < -0.3 is 4.57 Å². The van der Waals surface area contributed by atoms with Crippen LogP contribution in [0.4, 0.5) is 0 Å². The molecule has 0 N–H and O–H groups in total. The summed E-state index contributed by atoms with van der Waals surface area (Å²) in [5.74, 6) is 1.91. The first-order valence-corrected chi connectivity index (χ1v) is 8.51. The Balaban J connectivity index is 1.57. The van der Waals surface area contributed by atoms with Crippen LogP contribution in [0.2, 0.25) is 0 Å². The Morgan fingerprint density at radius 2 is 1.72 bits per heavy atom. The Kier molecular flexibility index (Phi) is 3.84. The molecule has 0 fully saturated rings. The molecule has 4 rings (SSSR count). The average Bonchev–Trinajstić information content (AvgIpc) is 3.22. The minimum Gasteiger partial charge on any atom is -0.337 e. The smallest absolute Gasteiger partial charge is 0.158 e. The molecular formula is C20H21N5. The molecule has 126 valence electrons. The van der Waals surface area contributed by atoms with Crippen molar-refractivity contribution in [2.45, 2.75) is 26.7 Å². The Morgan fingerprint density at radius 3 is 2.48 bits per heavy atom. The zero-order valence-electron chi connectivity index (χ0n) is 14.8. The second-order valence-corrected chi connectivity index (χ2v) is 6.44. The minimum atomic E-state index is 0.777. The van der Waals surface area contributed by atoms with E-state index < -0.39 is 0 Å². The van der Waals surface area contributed by atoms with Gasteiger partial charge in [0.1, 0.15) is 5.82 Å². The molecule has 5 nitrogen and oxygen atoms in total. The van der Waals surface area contributed by atoms with Crippen molar-refractivity contribution in [1.82, 2.24) is 24.1 Å². The predicted octanol–water partition coefficient (Wildman–Crippen LogP) is 3.53. The molecule has 0 spiro atoms. The molecule has 0 aliphatic heterocycles. The van der Waals surface area contributed by atoms with E-state index in [4.69, 9.17) is 9.97 Å². The molecule has 3 heterocycles. The van der Waals surface area contributed by atoms with Crippen molar-refractivity contribution in [2.24, 2.45) is 7.05 Å². The number of hydrogen-bond donors (Lipinski definition) is 0. The third kappa shape index (κ3) is 2.93. The topological polar surface area (TPSA) is 48.0 Å². The lowest BCUT2D eigenvalue weighted by Gasteiger charge is -1.99. The monoisotopic (exact) mass is 330 g/mol. The highest BCUT2D eigenvalue weighted by Crippen LogP contribution is 2.18. The fourth-order valence-electron chi connectivity index (χ4n) is 3.06. The highest BCUT2D eigenvalue weighted by molar-refractivity contribution is 5.58. The van der Waals surface area contributed by atoms with Crippen LogP contribution < -0.4 is 0 Å². The van der Waals surface area contributed by atoms with Gasteiger partial charge in [0.15, 0.2) is 11.5 Å². The van der Waals surface area contributed by atoms with E-state index in [9.17, 15) is 0 Å². The summed E-state index contributed by atoms with van der Waals surface area (Å²) in [6.45, 7) is 4.12. The van der Waals surface area contributed by atoms with E-state index in [1.807, 2.05) is 29.8 Å². The fraction of sp³-hybridized carbons (Fsp3) is 0.250. The third-order valence-electron chi connectivity index (χ3n) is 4.53. The van der Waals surface area contributed by atoms with Gasteiger partial charge in [0.2, 0.25) is 0 Å². The van der Waals surface area contributed by atoms with E-state index in [-0.39, 0.29) is 0 Å². The van der Waals surface area contributed by atoms with E-state index in [0.29, 0.717) is 0 Å². The lowest BCUT2D eigenvalue weighted by atomic mass is 10.2. The summed E-state index contributed by atoms with van der Waals surface area (Å²) in [5, 5.41) is 4.65. The maximum absolute atomic E-state index is 4.78. The van der Waals surface area contributed by atoms with Crippen molar-refractivity contribution in [1.29, 1.82) is 0 Å². The molecule has 0 radical (unpaired) electrons. The lowest BCUT2D eigenvalue weighted by molar-refractivity contribution is 0.743. The van der Waals surface area contributed by atoms with Gasteiger partial charge in [-0.15, -0.1) is 0 Å². The van der Waals surface area contributed by atoms with Crippen LogP contribution in [0, 0.1) is 13.8 Å². The van der Waals surface area contributed by atoms with Crippen molar-refractivity contribution in [3.63, 3.8) is 0 Å². The highest BCUT2D eigenvalue weighted by Gasteiger charge is 2.11. The van der Waals surface area contributed by atoms with Crippen LogP contribution in [0.1, 0.15) is 22.9 Å². The number of nitrogens with zero attached hydrogens (tertiary/aromatic N) is 5. The van der Waals surface area contributed by atoms with Gasteiger partial charge in [-0.3, -0.25) is 0 Å². The summed E-state index contributed by atoms with van der Waals surface area (Å²) in [6.07, 6.45) is 3.67. The molecule has 1 aromatic carbocycles. The van der Waals surface area contributed by atoms with Crippen molar-refractivity contribution in [3.05, 3.63) is 71.6 Å². The van der Waals surface area contributed by atoms with Gasteiger partial charge in [-0.25, -0.2) is 14.5 Å². The highest BCUT2D eigenvalue weighted by atomic mass is 15.3. The van der Waals surface area contributed by atoms with Gasteiger partial charge in [0.05, 0.1) is 5.69 Å². The van der Waals surface area contributed by atoms with Crippen molar-refractivity contribution in [3.8, 4) is 11.3 Å². The van der Waals surface area contributed by atoms with E-state index in [0.717, 1.165) is 52.7 Å². The Labute approximate surface area is 147 Å². The molecule has 0 aliphatic carbocycles. The zero-order chi connectivity index (χ0) is 17.4. The largest absolute Gasteiger partial charge is 0.337 e. The first-order valence-electron chi connectivity index (χ1n) is 8.51. The van der Waals surface area contributed by atoms with E-state index in [1.165, 1.54) is 0 Å². The summed E-state index contributed by atoms with van der Waals surface area (Å²) in [4.78, 5) is 9.48. The second-order valence-electron chi connectivity index (χ2n) is 6.44. The molecule has 0 aliphatic rings. The fourth-order valence-corrected chi connectivity index (χ4v) is 3.06. The van der Waals surface area contributed by atoms with Gasteiger partial charge in [0.25, 0.3) is 0 Å². The Bertz CT molecular complexity index is 988. The van der Waals surface area contributed by atoms with Crippen LogP contribution in [-0.2, 0) is 19.9 Å². The van der Waals surface area contributed by atoms with E-state index in [2.05, 4.69) is 54.0 Å². The minimum absolute atomic E-state index is 0.777. The average molecular weight is 330 g/mol. The maximum atomic E-state index is 4.78. The molecule has 0 bridgehead atoms. The summed E-state index contributed by atoms with van der Waals surface area (Å²) in [5.41, 5.74) is 5.34. The molecule has 3 aromatic heterocycles. The maximum Gasteiger partial charge on any atom is 0.158 e. The quantitative estimate of drug-likeness (QED) is 0.575. The number of pyridine rings is 1. The number of aryl methyl sites for hydroxylation is 5. The summed E-state index contributed by atoms with van der Waals surface area (Å²) in [6, 6.07) is 14.4. The molecule has 0 saturated carbocycles. The van der Waals surface area contributed by atoms with Crippen LogP contribution in [0.15, 0.2) is 48.7 Å². The Hall–Kier alpha value is -2.95. The van der Waals surface area contributed by atoms with Gasteiger partial charge >= 0.3 is 0 Å². The number of benzene rings is 1. The van der Waals surface area contributed by atoms with Crippen LogP contribution in [0.3, 0.4) is 0 Å². The molecule has 0 saturated heterocycles. The van der Waals surface area contributed by atoms with Crippen molar-refractivity contribution >= 4 is 5.65 Å². The van der Waals surface area contributed by atoms with Crippen LogP contribution in [0.25, 0.3) is 16.9 Å². The summed E-state index contributed by atoms with van der Waals surface area (Å²) >= 11 is 0. The first-order chi connectivity index (χ1) is 12.1. The first kappa shape index (κ1) is 15.6. The molecule has 4 aromatic rings. The molecule has 25 heavy (non-hydrogen) atoms. The van der Waals surface area contributed by atoms with Gasteiger partial charge in [-0.05, 0) is 25.5 Å². The third-order valence-corrected chi connectivity index (χ3v) is 4.53. The normalized spacial score (nSPS) is 11.3. The number of aromatic nitrogens is 5. The van der Waals surface area contributed by atoms with E-state index >= 15 is 0 Å². The summed E-state index contributed by atoms with van der Waals surface area (Å²) in [7, 11) is 2.04. The van der Waals surface area contributed by atoms with Crippen molar-refractivity contribution in [2.75, 3.05) is 0 Å². The number of rotatable bonds is 4. The van der Waals surface area contributed by atoms with Gasteiger partial charge in [-0.2, -0.15) is 5.10 Å². The molecular weight excluding hydrogens is 309 g/mol. The Morgan fingerprint density at radius 1 is 0.920 bits per heavy atom. The molecule has 0 amide bonds. The second kappa shape index (κ2) is 6.16. The van der Waals surface area contributed by atoms with Gasteiger partial charge in [0, 0.05) is 37.3 Å². The molecule has 0 unspecified atom stereocenters. The van der Waals surface area contributed by atoms with Gasteiger partial charge in [-0.1, -0.05) is 36.4 Å². The van der Waals surface area contributed by atoms with Crippen LogP contribution in [0.5, 0.6) is 0 Å².